The molecule has 6 atom stereocenters. The molecule has 2 bridgehead atoms. The normalized spacial score (nSPS) is 39.0. The van der Waals surface area contributed by atoms with Crippen molar-refractivity contribution in [2.45, 2.75) is 95.2 Å². The van der Waals surface area contributed by atoms with Gasteiger partial charge in [-0.25, -0.2) is 4.79 Å². The summed E-state index contributed by atoms with van der Waals surface area (Å²) in [5, 5.41) is 31.3. The van der Waals surface area contributed by atoms with Crippen LogP contribution in [0.2, 0.25) is 0 Å². The first-order chi connectivity index (χ1) is 13.4. The molecule has 0 saturated carbocycles. The number of ether oxygens (including phenoxy) is 2. The van der Waals surface area contributed by atoms with E-state index >= 15 is 0 Å². The highest BCUT2D eigenvalue weighted by Gasteiger charge is 2.45. The number of rotatable bonds is 3. The summed E-state index contributed by atoms with van der Waals surface area (Å²) in [6, 6.07) is 0. The van der Waals surface area contributed by atoms with Crippen LogP contribution in [0.4, 0.5) is 0 Å². The second-order valence-electron chi connectivity index (χ2n) is 8.93. The summed E-state index contributed by atoms with van der Waals surface area (Å²) in [5.41, 5.74) is -1.33. The zero-order valence-corrected chi connectivity index (χ0v) is 17.6. The lowest BCUT2D eigenvalue weighted by atomic mass is 9.79. The van der Waals surface area contributed by atoms with Crippen LogP contribution in [-0.4, -0.2) is 56.8 Å². The van der Waals surface area contributed by atoms with Crippen LogP contribution in [0.3, 0.4) is 0 Å². The topological polar surface area (TPSA) is 113 Å². The Morgan fingerprint density at radius 3 is 2.45 bits per heavy atom. The van der Waals surface area contributed by atoms with Crippen LogP contribution >= 0.6 is 0 Å². The number of carbonyl (C=O) groups is 2. The van der Waals surface area contributed by atoms with Crippen molar-refractivity contribution >= 4 is 11.9 Å². The van der Waals surface area contributed by atoms with Crippen LogP contribution in [0, 0.1) is 5.92 Å². The molecule has 2 heterocycles. The van der Waals surface area contributed by atoms with Crippen molar-refractivity contribution in [1.29, 1.82) is 0 Å². The van der Waals surface area contributed by atoms with Gasteiger partial charge in [0.25, 0.3) is 0 Å². The molecule has 0 spiro atoms. The fraction of sp³-hybridized carbons (Fsp3) is 0.727. The molecule has 0 aromatic heterocycles. The monoisotopic (exact) mass is 410 g/mol. The Hall–Kier alpha value is -1.70. The summed E-state index contributed by atoms with van der Waals surface area (Å²) < 4.78 is 11.5. The largest absolute Gasteiger partial charge is 0.478 e. The molecule has 0 aliphatic carbocycles. The smallest absolute Gasteiger partial charge is 0.331 e. The van der Waals surface area contributed by atoms with Crippen LogP contribution in [0.15, 0.2) is 24.3 Å². The molecule has 0 aromatic carbocycles. The maximum Gasteiger partial charge on any atom is 0.331 e. The van der Waals surface area contributed by atoms with Crippen molar-refractivity contribution < 1.29 is 34.4 Å². The fourth-order valence-corrected chi connectivity index (χ4v) is 4.32. The Balaban J connectivity index is 2.35. The molecular weight excluding hydrogens is 376 g/mol. The molecule has 164 valence electrons. The quantitative estimate of drug-likeness (QED) is 0.372. The van der Waals surface area contributed by atoms with Gasteiger partial charge in [0.2, 0.25) is 0 Å². The number of carboxylic acid groups (broad SMARTS) is 1. The van der Waals surface area contributed by atoms with E-state index in [1.54, 1.807) is 6.92 Å². The molecule has 2 aliphatic rings. The molecule has 29 heavy (non-hydrogen) atoms. The summed E-state index contributed by atoms with van der Waals surface area (Å²) in [7, 11) is 0. The van der Waals surface area contributed by atoms with Crippen LogP contribution in [0.5, 0.6) is 0 Å². The number of hydrogen-bond donors (Lipinski definition) is 3. The van der Waals surface area contributed by atoms with E-state index in [9.17, 15) is 24.9 Å². The molecule has 0 amide bonds. The maximum absolute atomic E-state index is 11.6. The Morgan fingerprint density at radius 2 is 1.86 bits per heavy atom. The summed E-state index contributed by atoms with van der Waals surface area (Å²) in [5.74, 6) is -2.17. The Kier molecular flexibility index (Phi) is 7.30. The van der Waals surface area contributed by atoms with Crippen molar-refractivity contribution in [3.8, 4) is 0 Å². The molecule has 7 heteroatoms. The van der Waals surface area contributed by atoms with Gasteiger partial charge in [-0.15, -0.1) is 0 Å². The molecule has 2 saturated heterocycles. The fourth-order valence-electron chi connectivity index (χ4n) is 4.32. The van der Waals surface area contributed by atoms with Gasteiger partial charge in [0.15, 0.2) is 0 Å². The zero-order chi connectivity index (χ0) is 22.0. The highest BCUT2D eigenvalue weighted by Crippen LogP contribution is 2.41. The number of aliphatic hydroxyl groups is 2. The Labute approximate surface area is 172 Å². The average molecular weight is 411 g/mol. The molecule has 2 fully saturated rings. The maximum atomic E-state index is 11.6. The zero-order valence-electron chi connectivity index (χ0n) is 17.6. The third-order valence-electron chi connectivity index (χ3n) is 6.48. The van der Waals surface area contributed by atoms with E-state index in [2.05, 4.69) is 13.2 Å². The van der Waals surface area contributed by atoms with E-state index < -0.39 is 41.3 Å². The first kappa shape index (κ1) is 23.6. The second kappa shape index (κ2) is 8.98. The molecule has 0 aromatic rings. The minimum Gasteiger partial charge on any atom is -0.478 e. The summed E-state index contributed by atoms with van der Waals surface area (Å²) in [6.45, 7) is 12.5. The predicted molar refractivity (Wildman–Crippen MR) is 107 cm³/mol. The highest BCUT2D eigenvalue weighted by molar-refractivity contribution is 5.86. The molecule has 2 rings (SSSR count). The summed E-state index contributed by atoms with van der Waals surface area (Å²) >= 11 is 0. The molecule has 0 radical (unpaired) electrons. The molecular formula is C22H34O7. The van der Waals surface area contributed by atoms with E-state index in [-0.39, 0.29) is 30.9 Å². The number of carboxylic acids is 1. The Morgan fingerprint density at radius 1 is 1.21 bits per heavy atom. The Bertz CT molecular complexity index is 668. The van der Waals surface area contributed by atoms with Crippen molar-refractivity contribution in [3.63, 3.8) is 0 Å². The van der Waals surface area contributed by atoms with Gasteiger partial charge in [-0.1, -0.05) is 13.2 Å². The van der Waals surface area contributed by atoms with E-state index in [1.807, 2.05) is 6.92 Å². The van der Waals surface area contributed by atoms with Crippen LogP contribution in [0.25, 0.3) is 0 Å². The standard InChI is InChI=1S/C22H34O7/c1-13-6-7-19(28-15(3)23)21(4,27)10-8-16(14(2)20(25)26)12-18(24)22(5)11-9-17(13)29-22/h16-19,24,27H,1-2,6-12H2,3-5H3,(H,25,26)/t16-,17+,18-,19+,21-,22-/m1/s1. The third-order valence-corrected chi connectivity index (χ3v) is 6.48. The van der Waals surface area contributed by atoms with Crippen LogP contribution in [-0.2, 0) is 19.1 Å². The van der Waals surface area contributed by atoms with Gasteiger partial charge in [-0.3, -0.25) is 4.79 Å². The van der Waals surface area contributed by atoms with Gasteiger partial charge < -0.3 is 24.8 Å². The van der Waals surface area contributed by atoms with Gasteiger partial charge in [0, 0.05) is 12.5 Å². The van der Waals surface area contributed by atoms with Crippen molar-refractivity contribution in [2.24, 2.45) is 5.92 Å². The number of aliphatic hydroxyl groups excluding tert-OH is 1. The van der Waals surface area contributed by atoms with Crippen LogP contribution in [0.1, 0.15) is 65.7 Å². The van der Waals surface area contributed by atoms with Gasteiger partial charge in [0.1, 0.15) is 6.10 Å². The van der Waals surface area contributed by atoms with E-state index in [0.29, 0.717) is 25.7 Å². The number of hydrogen-bond acceptors (Lipinski definition) is 6. The lowest BCUT2D eigenvalue weighted by Gasteiger charge is -2.35. The van der Waals surface area contributed by atoms with Crippen molar-refractivity contribution in [1.82, 2.24) is 0 Å². The lowest BCUT2D eigenvalue weighted by Crippen LogP contribution is -2.43. The van der Waals surface area contributed by atoms with E-state index in [4.69, 9.17) is 9.47 Å². The summed E-state index contributed by atoms with van der Waals surface area (Å²) in [4.78, 5) is 23.1. The van der Waals surface area contributed by atoms with Gasteiger partial charge >= 0.3 is 11.9 Å². The predicted octanol–water partition coefficient (Wildman–Crippen LogP) is 2.75. The molecule has 7 nitrogen and oxygen atoms in total. The number of aliphatic carboxylic acids is 1. The SMILES string of the molecule is C=C(C(=O)O)[C@@H]1CC[C@@](C)(O)[C@@H](OC(C)=O)CCC(=C)[C@@H]2CC[C@@](C)(O2)[C@H](O)C1. The van der Waals surface area contributed by atoms with Gasteiger partial charge in [-0.05, 0) is 70.3 Å². The van der Waals surface area contributed by atoms with Gasteiger partial charge in [0.05, 0.1) is 23.4 Å². The molecule has 3 N–H and O–H groups in total. The number of carbonyl (C=O) groups excluding carboxylic acids is 1. The minimum atomic E-state index is -1.36. The second-order valence-corrected chi connectivity index (χ2v) is 8.93. The average Bonchev–Trinajstić information content (AvgIpc) is 3.03. The first-order valence-corrected chi connectivity index (χ1v) is 10.2. The minimum absolute atomic E-state index is 0.0127. The first-order valence-electron chi connectivity index (χ1n) is 10.2. The third kappa shape index (κ3) is 5.68. The number of esters is 1. The molecule has 0 unspecified atom stereocenters. The highest BCUT2D eigenvalue weighted by atomic mass is 16.6. The van der Waals surface area contributed by atoms with Crippen molar-refractivity contribution in [3.05, 3.63) is 24.3 Å². The number of fused-ring (bicyclic) bond motifs is 2. The summed E-state index contributed by atoms with van der Waals surface area (Å²) in [6.07, 6.45) is 1.00. The molecule has 2 aliphatic heterocycles. The van der Waals surface area contributed by atoms with E-state index in [0.717, 1.165) is 5.57 Å². The lowest BCUT2D eigenvalue weighted by molar-refractivity contribution is -0.163. The van der Waals surface area contributed by atoms with Crippen LogP contribution < -0.4 is 0 Å². The van der Waals surface area contributed by atoms with Crippen molar-refractivity contribution in [2.75, 3.05) is 0 Å². The van der Waals surface area contributed by atoms with Gasteiger partial charge in [-0.2, -0.15) is 0 Å². The van der Waals surface area contributed by atoms with E-state index in [1.165, 1.54) is 6.92 Å².